The zero-order valence-electron chi connectivity index (χ0n) is 21.0. The molecule has 0 spiro atoms. The van der Waals surface area contributed by atoms with Crippen LogP contribution in [0, 0.1) is 5.92 Å². The summed E-state index contributed by atoms with van der Waals surface area (Å²) in [5.74, 6) is 1.04. The van der Waals surface area contributed by atoms with Crippen LogP contribution < -0.4 is 0 Å². The van der Waals surface area contributed by atoms with Crippen LogP contribution in [0.5, 0.6) is 0 Å². The van der Waals surface area contributed by atoms with Gasteiger partial charge in [0.2, 0.25) is 0 Å². The molecule has 2 aliphatic heterocycles. The minimum Gasteiger partial charge on any atom is -0.301 e. The van der Waals surface area contributed by atoms with Gasteiger partial charge in [-0.25, -0.2) is 0 Å². The Morgan fingerprint density at radius 2 is 1.28 bits per heavy atom. The summed E-state index contributed by atoms with van der Waals surface area (Å²) in [7, 11) is 0. The lowest BCUT2D eigenvalue weighted by molar-refractivity contribution is 0.154. The molecule has 3 aliphatic rings. The molecule has 0 unspecified atom stereocenters. The van der Waals surface area contributed by atoms with E-state index in [4.69, 9.17) is 0 Å². The lowest BCUT2D eigenvalue weighted by atomic mass is 10.1. The highest BCUT2D eigenvalue weighted by molar-refractivity contribution is 4.83. The molecule has 0 aromatic heterocycles. The van der Waals surface area contributed by atoms with Crippen molar-refractivity contribution in [2.24, 2.45) is 5.92 Å². The van der Waals surface area contributed by atoms with Gasteiger partial charge in [-0.3, -0.25) is 14.7 Å². The van der Waals surface area contributed by atoms with Crippen LogP contribution in [0.15, 0.2) is 0 Å². The van der Waals surface area contributed by atoms with Crippen LogP contribution in [-0.2, 0) is 0 Å². The Morgan fingerprint density at radius 3 is 1.83 bits per heavy atom. The van der Waals surface area contributed by atoms with E-state index in [0.717, 1.165) is 18.0 Å². The molecule has 2 atom stereocenters. The molecule has 29 heavy (non-hydrogen) atoms. The average molecular weight is 409 g/mol. The van der Waals surface area contributed by atoms with Crippen LogP contribution >= 0.6 is 0 Å². The molecule has 0 aromatic rings. The summed E-state index contributed by atoms with van der Waals surface area (Å²) in [6, 6.07) is 3.59. The van der Waals surface area contributed by atoms with E-state index < -0.39 is 0 Å². The molecule has 0 bridgehead atoms. The molecule has 4 heteroatoms. The van der Waals surface area contributed by atoms with Gasteiger partial charge in [0.05, 0.1) is 0 Å². The first-order valence-electron chi connectivity index (χ1n) is 12.7. The molecule has 3 rings (SSSR count). The fraction of sp³-hybridized carbons (Fsp3) is 1.00. The van der Waals surface area contributed by atoms with E-state index in [1.165, 1.54) is 71.5 Å². The van der Waals surface area contributed by atoms with Crippen LogP contribution in [0.2, 0.25) is 0 Å². The van der Waals surface area contributed by atoms with Gasteiger partial charge in [-0.1, -0.05) is 0 Å². The van der Waals surface area contributed by atoms with Crippen LogP contribution in [0.3, 0.4) is 0 Å². The van der Waals surface area contributed by atoms with Crippen molar-refractivity contribution >= 4 is 0 Å². The number of hydrogen-bond acceptors (Lipinski definition) is 4. The van der Waals surface area contributed by atoms with Gasteiger partial charge in [-0.15, -0.1) is 0 Å². The van der Waals surface area contributed by atoms with Crippen molar-refractivity contribution in [2.45, 2.75) is 111 Å². The minimum atomic E-state index is 0.692. The summed E-state index contributed by atoms with van der Waals surface area (Å²) in [6.07, 6.45) is 5.64. The third-order valence-corrected chi connectivity index (χ3v) is 7.30. The van der Waals surface area contributed by atoms with E-state index in [-0.39, 0.29) is 0 Å². The molecule has 0 amide bonds. The van der Waals surface area contributed by atoms with E-state index in [9.17, 15) is 0 Å². The summed E-state index contributed by atoms with van der Waals surface area (Å²) >= 11 is 0. The van der Waals surface area contributed by atoms with Gasteiger partial charge >= 0.3 is 0 Å². The van der Waals surface area contributed by atoms with E-state index in [0.29, 0.717) is 18.1 Å². The fourth-order valence-corrected chi connectivity index (χ4v) is 5.24. The lowest BCUT2D eigenvalue weighted by Crippen LogP contribution is -2.43. The van der Waals surface area contributed by atoms with Crippen LogP contribution in [0.4, 0.5) is 0 Å². The molecule has 2 saturated heterocycles. The second kappa shape index (κ2) is 12.0. The zero-order chi connectivity index (χ0) is 21.6. The monoisotopic (exact) mass is 408 g/mol. The normalized spacial score (nSPS) is 29.1. The van der Waals surface area contributed by atoms with Crippen molar-refractivity contribution in [2.75, 3.05) is 45.8 Å². The van der Waals surface area contributed by atoms with Crippen molar-refractivity contribution < 1.29 is 0 Å². The predicted molar refractivity (Wildman–Crippen MR) is 128 cm³/mol. The minimum absolute atomic E-state index is 0.692. The Kier molecular flexibility index (Phi) is 10.4. The first kappa shape index (κ1) is 25.1. The van der Waals surface area contributed by atoms with Gasteiger partial charge in [0.1, 0.15) is 0 Å². The average Bonchev–Trinajstić information content (AvgIpc) is 3.46. The van der Waals surface area contributed by atoms with E-state index in [1.54, 1.807) is 0 Å². The zero-order valence-corrected chi connectivity index (χ0v) is 21.0. The largest absolute Gasteiger partial charge is 0.301 e. The second-order valence-corrected chi connectivity index (χ2v) is 10.8. The Bertz CT molecular complexity index is 446. The molecular formula is C25H52N4. The second-order valence-electron chi connectivity index (χ2n) is 10.8. The van der Waals surface area contributed by atoms with Gasteiger partial charge in [-0.05, 0) is 107 Å². The van der Waals surface area contributed by atoms with Gasteiger partial charge in [0.25, 0.3) is 0 Å². The van der Waals surface area contributed by atoms with Gasteiger partial charge in [0.15, 0.2) is 0 Å². The summed E-state index contributed by atoms with van der Waals surface area (Å²) in [4.78, 5) is 10.6. The molecular weight excluding hydrogens is 356 g/mol. The SMILES string of the molecule is CC(C)N1CCCN(CC2CC2)C[C@@H]1C.CC(C)N1CC[C@H](C)N(C(C)C)CC1. The smallest absolute Gasteiger partial charge is 0.0197 e. The molecule has 4 nitrogen and oxygen atoms in total. The van der Waals surface area contributed by atoms with E-state index in [1.807, 2.05) is 0 Å². The number of rotatable bonds is 5. The summed E-state index contributed by atoms with van der Waals surface area (Å²) in [5, 5.41) is 0. The van der Waals surface area contributed by atoms with Crippen molar-refractivity contribution in [3.05, 3.63) is 0 Å². The van der Waals surface area contributed by atoms with E-state index >= 15 is 0 Å². The molecule has 0 aromatic carbocycles. The molecule has 1 saturated carbocycles. The maximum Gasteiger partial charge on any atom is 0.0197 e. The molecule has 172 valence electrons. The van der Waals surface area contributed by atoms with Gasteiger partial charge in [-0.2, -0.15) is 0 Å². The molecule has 3 fully saturated rings. The molecule has 1 aliphatic carbocycles. The van der Waals surface area contributed by atoms with Gasteiger partial charge < -0.3 is 4.90 Å². The topological polar surface area (TPSA) is 13.0 Å². The lowest BCUT2D eigenvalue weighted by Gasteiger charge is -2.32. The van der Waals surface area contributed by atoms with Crippen LogP contribution in [0.25, 0.3) is 0 Å². The van der Waals surface area contributed by atoms with Crippen molar-refractivity contribution in [3.8, 4) is 0 Å². The molecule has 0 radical (unpaired) electrons. The Labute approximate surface area is 183 Å². The number of hydrogen-bond donors (Lipinski definition) is 0. The highest BCUT2D eigenvalue weighted by atomic mass is 15.3. The quantitative estimate of drug-likeness (QED) is 0.668. The van der Waals surface area contributed by atoms with E-state index in [2.05, 4.69) is 75.0 Å². The standard InChI is InChI=1S/C13H26N2.C12H26N2/c1-11(2)15-8-4-7-14(9-12(15)3)10-13-5-6-13;1-10(2)13-7-6-12(5)14(9-8-13)11(3)4/h11-13H,4-10H2,1-3H3;10-12H,6-9H2,1-5H3/t2*12-/m00/s1. The Morgan fingerprint density at radius 1 is 0.655 bits per heavy atom. The highest BCUT2D eigenvalue weighted by Gasteiger charge is 2.28. The van der Waals surface area contributed by atoms with Gasteiger partial charge in [0, 0.05) is 56.4 Å². The fourth-order valence-electron chi connectivity index (χ4n) is 5.24. The van der Waals surface area contributed by atoms with Crippen molar-refractivity contribution in [3.63, 3.8) is 0 Å². The summed E-state index contributed by atoms with van der Waals surface area (Å²) < 4.78 is 0. The third kappa shape index (κ3) is 8.47. The first-order valence-corrected chi connectivity index (χ1v) is 12.7. The highest BCUT2D eigenvalue weighted by Crippen LogP contribution is 2.30. The molecule has 2 heterocycles. The predicted octanol–water partition coefficient (Wildman–Crippen LogP) is 4.40. The van der Waals surface area contributed by atoms with Crippen molar-refractivity contribution in [1.82, 2.24) is 19.6 Å². The van der Waals surface area contributed by atoms with Crippen LogP contribution in [0.1, 0.15) is 81.1 Å². The Hall–Kier alpha value is -0.160. The first-order chi connectivity index (χ1) is 13.7. The Balaban J connectivity index is 0.000000208. The van der Waals surface area contributed by atoms with Crippen LogP contribution in [-0.4, -0.2) is 95.6 Å². The summed E-state index contributed by atoms with van der Waals surface area (Å²) in [6.45, 7) is 27.6. The van der Waals surface area contributed by atoms with Crippen molar-refractivity contribution in [1.29, 1.82) is 0 Å². The summed E-state index contributed by atoms with van der Waals surface area (Å²) in [5.41, 5.74) is 0. The maximum absolute atomic E-state index is 2.70. The molecule has 0 N–H and O–H groups in total. The maximum atomic E-state index is 2.70. The third-order valence-electron chi connectivity index (χ3n) is 7.30. The number of nitrogens with zero attached hydrogens (tertiary/aromatic N) is 4.